The first-order valence-corrected chi connectivity index (χ1v) is 26.0. The van der Waals surface area contributed by atoms with E-state index >= 15 is 0 Å². The molecule has 0 saturated heterocycles. The lowest BCUT2D eigenvalue weighted by atomic mass is 10.2. The van der Waals surface area contributed by atoms with Crippen molar-refractivity contribution in [3.63, 3.8) is 0 Å². The Balaban J connectivity index is 4.58. The van der Waals surface area contributed by atoms with Gasteiger partial charge in [-0.2, -0.15) is 0 Å². The van der Waals surface area contributed by atoms with Gasteiger partial charge in [0.25, 0.3) is 0 Å². The van der Waals surface area contributed by atoms with E-state index in [1.54, 1.807) is 0 Å². The molecule has 0 aliphatic rings. The fourth-order valence-electron chi connectivity index (χ4n) is 0.716. The van der Waals surface area contributed by atoms with Gasteiger partial charge >= 0.3 is 1.45 Å². The smallest absolute Gasteiger partial charge is 0.298 e. The van der Waals surface area contributed by atoms with Gasteiger partial charge in [-0.1, -0.05) is 145 Å². The van der Waals surface area contributed by atoms with E-state index in [0.29, 0.717) is 0 Å². The average Bonchev–Trinajstić information content (AvgIpc) is 1.77. The second-order valence-electron chi connectivity index (χ2n) is 2.94. The van der Waals surface area contributed by atoms with Crippen LogP contribution in [0.25, 0.3) is 0 Å². The van der Waals surface area contributed by atoms with Crippen LogP contribution in [0.2, 0.25) is 0 Å². The first-order chi connectivity index (χ1) is 5.55. The molecule has 0 bridgehead atoms. The van der Waals surface area contributed by atoms with E-state index in [-0.39, 0.29) is 0 Å². The molecule has 0 atom stereocenters. The van der Waals surface area contributed by atoms with Crippen LogP contribution in [0, 0.1) is 5.92 Å². The van der Waals surface area contributed by atoms with E-state index in [9.17, 15) is 0 Å². The Morgan fingerprint density at radius 3 is 1.31 bits per heavy atom. The van der Waals surface area contributed by atoms with Crippen LogP contribution in [0.1, 0.15) is 13.8 Å². The van der Waals surface area contributed by atoms with Crippen molar-refractivity contribution in [2.45, 2.75) is 13.8 Å². The molecule has 0 aliphatic heterocycles. The first kappa shape index (κ1) is 17.8. The maximum Gasteiger partial charge on any atom is 0.324 e. The number of rotatable bonds is 4. The average molecular weight is 889 g/mol. The number of nitrogens with zero attached hydrogens (tertiary/aromatic N) is 1. The Labute approximate surface area is 159 Å². The van der Waals surface area contributed by atoms with Gasteiger partial charge in [-0.15, -0.1) is 0 Å². The van der Waals surface area contributed by atoms with Crippen LogP contribution in [0.4, 0.5) is 0 Å². The fourth-order valence-corrected chi connectivity index (χ4v) is 63.5. The molecular formula is C4H9I6NSi2. The number of halogens is 6. The molecule has 80 valence electrons. The Morgan fingerprint density at radius 1 is 0.923 bits per heavy atom. The number of hydrogen-bond acceptors (Lipinski definition) is 1. The van der Waals surface area contributed by atoms with E-state index in [4.69, 9.17) is 0 Å². The summed E-state index contributed by atoms with van der Waals surface area (Å²) in [5, 5.41) is 0. The highest BCUT2D eigenvalue weighted by Crippen LogP contribution is 2.45. The lowest BCUT2D eigenvalue weighted by molar-refractivity contribution is 0.531. The molecule has 13 heavy (non-hydrogen) atoms. The molecular weight excluding hydrogens is 880 g/mol. The lowest BCUT2D eigenvalue weighted by Gasteiger charge is -2.36. The molecule has 9 heteroatoms. The highest BCUT2D eigenvalue weighted by molar-refractivity contribution is 14.4. The summed E-state index contributed by atoms with van der Waals surface area (Å²) in [6.45, 7) is 5.87. The highest BCUT2D eigenvalue weighted by atomic mass is 127. The molecule has 0 saturated carbocycles. The Morgan fingerprint density at radius 2 is 1.23 bits per heavy atom. The zero-order chi connectivity index (χ0) is 10.9. The maximum atomic E-state index is 2.77. The third-order valence-electron chi connectivity index (χ3n) is 1.16. The molecule has 0 aromatic rings. The van der Waals surface area contributed by atoms with Crippen molar-refractivity contribution < 1.29 is 0 Å². The van der Waals surface area contributed by atoms with Crippen molar-refractivity contribution in [3.8, 4) is 0 Å². The monoisotopic (exact) mass is 888 g/mol. The molecule has 0 heterocycles. The fraction of sp³-hybridized carbons (Fsp3) is 1.00. The second-order valence-corrected chi connectivity index (χ2v) is 71.6. The van der Waals surface area contributed by atoms with E-state index in [1.165, 1.54) is 6.54 Å². The minimum atomic E-state index is -1.20. The van der Waals surface area contributed by atoms with Gasteiger partial charge in [0.2, 0.25) is 0 Å². The molecule has 0 N–H and O–H groups in total. The standard InChI is InChI=1S/C4H9I6NSi2/c1-4(2)3-11(12(5,6)7)13(8,9)10/h4H,3H2,1-2H3. The van der Waals surface area contributed by atoms with Crippen LogP contribution in [-0.4, -0.2) is 12.2 Å². The summed E-state index contributed by atoms with van der Waals surface area (Å²) < 4.78 is 0.367. The van der Waals surface area contributed by atoms with Crippen molar-refractivity contribution in [3.05, 3.63) is 0 Å². The molecule has 0 aromatic carbocycles. The summed E-state index contributed by atoms with van der Waals surface area (Å²) in [5.41, 5.74) is 0. The van der Waals surface area contributed by atoms with Crippen LogP contribution >= 0.6 is 131 Å². The van der Waals surface area contributed by atoms with Crippen molar-refractivity contribution in [2.75, 3.05) is 6.54 Å². The predicted molar refractivity (Wildman–Crippen MR) is 117 cm³/mol. The summed E-state index contributed by atoms with van der Waals surface area (Å²) in [7, 11) is 0. The van der Waals surface area contributed by atoms with Crippen LogP contribution in [0.15, 0.2) is 0 Å². The molecule has 0 amide bonds. The third-order valence-corrected chi connectivity index (χ3v) is 23.4. The van der Waals surface area contributed by atoms with Gasteiger partial charge in [0.05, 0.1) is 0 Å². The van der Waals surface area contributed by atoms with Crippen molar-refractivity contribution >= 4 is 132 Å². The number of hydrogen-bond donors (Lipinski definition) is 0. The highest BCUT2D eigenvalue weighted by Gasteiger charge is 2.44. The van der Waals surface area contributed by atoms with E-state index in [1.807, 2.05) is 0 Å². The summed E-state index contributed by atoms with van der Waals surface area (Å²) in [5.74, 6) is 0.775. The van der Waals surface area contributed by atoms with Crippen LogP contribution in [0.3, 0.4) is 0 Å². The van der Waals surface area contributed by atoms with Gasteiger partial charge in [0.1, 0.15) is 0 Å². The maximum absolute atomic E-state index is 2.77. The van der Waals surface area contributed by atoms with Crippen LogP contribution in [0.5, 0.6) is 0 Å². The van der Waals surface area contributed by atoms with E-state index < -0.39 is 1.45 Å². The lowest BCUT2D eigenvalue weighted by Crippen LogP contribution is -2.51. The predicted octanol–water partition coefficient (Wildman–Crippen LogP) is 5.43. The summed E-state index contributed by atoms with van der Waals surface area (Å²) >= 11 is 15.9. The quantitative estimate of drug-likeness (QED) is 0.207. The third kappa shape index (κ3) is 8.48. The zero-order valence-electron chi connectivity index (χ0n) is 7.00. The van der Waals surface area contributed by atoms with Gasteiger partial charge in [0, 0.05) is 0 Å². The SMILES string of the molecule is CC(C)CN([Si](I)(I)I)[Si](I)(I)I. The first-order valence-electron chi connectivity index (χ1n) is 3.46. The van der Waals surface area contributed by atoms with Gasteiger partial charge in [0.15, 0.2) is 0 Å². The van der Waals surface area contributed by atoms with Crippen molar-refractivity contribution in [1.82, 2.24) is 4.23 Å². The summed E-state index contributed by atoms with van der Waals surface area (Å²) in [6.07, 6.45) is 0. The molecule has 0 rings (SSSR count). The van der Waals surface area contributed by atoms with Crippen LogP contribution < -0.4 is 0 Å². The zero-order valence-corrected chi connectivity index (χ0v) is 21.9. The summed E-state index contributed by atoms with van der Waals surface area (Å²) in [4.78, 5) is 0. The molecule has 0 aromatic heterocycles. The molecule has 0 aliphatic carbocycles. The second kappa shape index (κ2) is 7.38. The molecule has 1 nitrogen and oxygen atoms in total. The molecule has 0 radical (unpaired) electrons. The van der Waals surface area contributed by atoms with Gasteiger partial charge in [-0.3, -0.25) is 4.23 Å². The van der Waals surface area contributed by atoms with E-state index in [2.05, 4.69) is 149 Å². The molecule has 0 fully saturated rings. The largest absolute Gasteiger partial charge is 0.324 e. The van der Waals surface area contributed by atoms with Crippen LogP contribution in [-0.2, 0) is 0 Å². The minimum absolute atomic E-state index is 0.775. The van der Waals surface area contributed by atoms with Gasteiger partial charge in [-0.05, 0) is 12.5 Å². The summed E-state index contributed by atoms with van der Waals surface area (Å²) in [6, 6.07) is 0. The molecule has 0 unspecified atom stereocenters. The molecule has 0 spiro atoms. The van der Waals surface area contributed by atoms with Crippen molar-refractivity contribution in [1.29, 1.82) is 0 Å². The minimum Gasteiger partial charge on any atom is -0.298 e. The Bertz CT molecular complexity index is 149. The topological polar surface area (TPSA) is 3.24 Å². The van der Waals surface area contributed by atoms with Gasteiger partial charge in [-0.25, -0.2) is 0 Å². The Kier molecular flexibility index (Phi) is 10.1. The van der Waals surface area contributed by atoms with Gasteiger partial charge < -0.3 is 0 Å². The Hall–Kier alpha value is 4.77. The van der Waals surface area contributed by atoms with E-state index in [0.717, 1.165) is 5.92 Å². The van der Waals surface area contributed by atoms with Crippen molar-refractivity contribution in [2.24, 2.45) is 5.92 Å². The normalized spacial score (nSPS) is 14.3.